The highest BCUT2D eigenvalue weighted by molar-refractivity contribution is 9.10. The van der Waals surface area contributed by atoms with Gasteiger partial charge in [-0.1, -0.05) is 29.3 Å². The normalized spacial score (nSPS) is 10.7. The zero-order valence-corrected chi connectivity index (χ0v) is 12.6. The summed E-state index contributed by atoms with van der Waals surface area (Å²) in [5.74, 6) is 0.647. The third kappa shape index (κ3) is 2.76. The molecule has 18 heavy (non-hydrogen) atoms. The fraction of sp³-hybridized carbons (Fsp3) is 0.167. The summed E-state index contributed by atoms with van der Waals surface area (Å²) in [6, 6.07) is 5.29. The van der Waals surface area contributed by atoms with Crippen molar-refractivity contribution < 1.29 is 0 Å². The summed E-state index contributed by atoms with van der Waals surface area (Å²) in [7, 11) is 0. The fourth-order valence-electron chi connectivity index (χ4n) is 1.56. The van der Waals surface area contributed by atoms with Crippen LogP contribution in [0.2, 0.25) is 10.0 Å². The molecule has 1 aromatic heterocycles. The summed E-state index contributed by atoms with van der Waals surface area (Å²) in [5, 5.41) is 0.972. The number of hydrogen-bond acceptors (Lipinski definition) is 2. The van der Waals surface area contributed by atoms with Crippen molar-refractivity contribution in [1.82, 2.24) is 9.55 Å². The highest BCUT2D eigenvalue weighted by Gasteiger charge is 2.07. The van der Waals surface area contributed by atoms with E-state index in [-0.39, 0.29) is 5.56 Å². The quantitative estimate of drug-likeness (QED) is 0.830. The van der Waals surface area contributed by atoms with E-state index in [0.717, 1.165) is 5.56 Å². The molecule has 0 saturated carbocycles. The average molecular weight is 348 g/mol. The van der Waals surface area contributed by atoms with Crippen LogP contribution in [-0.2, 0) is 6.54 Å². The molecule has 0 unspecified atom stereocenters. The predicted octanol–water partition coefficient (Wildman–Crippen LogP) is 3.67. The van der Waals surface area contributed by atoms with Crippen LogP contribution >= 0.6 is 39.1 Å². The van der Waals surface area contributed by atoms with Gasteiger partial charge in [-0.2, -0.15) is 0 Å². The first-order valence-electron chi connectivity index (χ1n) is 5.15. The number of nitrogens with zero attached hydrogens (tertiary/aromatic N) is 2. The third-order valence-electron chi connectivity index (χ3n) is 2.53. The van der Waals surface area contributed by atoms with Gasteiger partial charge in [-0.05, 0) is 40.5 Å². The van der Waals surface area contributed by atoms with Gasteiger partial charge >= 0.3 is 0 Å². The van der Waals surface area contributed by atoms with Gasteiger partial charge < -0.3 is 0 Å². The molecular weight excluding hydrogens is 339 g/mol. The summed E-state index contributed by atoms with van der Waals surface area (Å²) in [6.45, 7) is 2.19. The van der Waals surface area contributed by atoms with Crippen molar-refractivity contribution in [2.45, 2.75) is 13.5 Å². The number of aromatic nitrogens is 2. The smallest absolute Gasteiger partial charge is 0.268 e. The van der Waals surface area contributed by atoms with Crippen LogP contribution in [0.15, 0.2) is 33.7 Å². The van der Waals surface area contributed by atoms with Gasteiger partial charge in [0.05, 0.1) is 16.6 Å². The van der Waals surface area contributed by atoms with Crippen LogP contribution in [0.1, 0.15) is 11.4 Å². The van der Waals surface area contributed by atoms with Gasteiger partial charge in [0, 0.05) is 6.20 Å². The third-order valence-corrected chi connectivity index (χ3v) is 3.81. The predicted molar refractivity (Wildman–Crippen MR) is 76.5 cm³/mol. The molecule has 94 valence electrons. The molecule has 0 aliphatic carbocycles. The molecule has 3 nitrogen and oxygen atoms in total. The summed E-state index contributed by atoms with van der Waals surface area (Å²) < 4.78 is 2.01. The molecule has 0 fully saturated rings. The monoisotopic (exact) mass is 346 g/mol. The first-order valence-corrected chi connectivity index (χ1v) is 6.70. The van der Waals surface area contributed by atoms with Crippen LogP contribution in [0, 0.1) is 6.92 Å². The maximum absolute atomic E-state index is 12.0. The molecule has 0 spiro atoms. The average Bonchev–Trinajstić information content (AvgIpc) is 2.34. The second-order valence-electron chi connectivity index (χ2n) is 3.79. The van der Waals surface area contributed by atoms with E-state index in [9.17, 15) is 4.79 Å². The largest absolute Gasteiger partial charge is 0.291 e. The highest BCUT2D eigenvalue weighted by Crippen LogP contribution is 2.22. The Bertz CT molecular complexity index is 655. The minimum Gasteiger partial charge on any atom is -0.291 e. The zero-order chi connectivity index (χ0) is 13.3. The Morgan fingerprint density at radius 2 is 2.06 bits per heavy atom. The van der Waals surface area contributed by atoms with Gasteiger partial charge in [-0.3, -0.25) is 9.36 Å². The first kappa shape index (κ1) is 13.6. The van der Waals surface area contributed by atoms with E-state index in [1.165, 1.54) is 6.20 Å². The second kappa shape index (κ2) is 5.43. The van der Waals surface area contributed by atoms with Gasteiger partial charge in [0.25, 0.3) is 5.56 Å². The molecule has 0 N–H and O–H groups in total. The summed E-state index contributed by atoms with van der Waals surface area (Å²) in [4.78, 5) is 16.1. The molecule has 0 amide bonds. The molecule has 1 heterocycles. The maximum Gasteiger partial charge on any atom is 0.268 e. The lowest BCUT2D eigenvalue weighted by Crippen LogP contribution is -2.24. The topological polar surface area (TPSA) is 34.9 Å². The van der Waals surface area contributed by atoms with Crippen LogP contribution in [0.5, 0.6) is 0 Å². The van der Waals surface area contributed by atoms with Crippen molar-refractivity contribution >= 4 is 39.1 Å². The van der Waals surface area contributed by atoms with E-state index in [1.807, 2.05) is 6.07 Å². The Morgan fingerprint density at radius 1 is 1.33 bits per heavy atom. The molecule has 2 rings (SSSR count). The first-order chi connectivity index (χ1) is 8.49. The van der Waals surface area contributed by atoms with Crippen molar-refractivity contribution in [3.05, 3.63) is 60.7 Å². The lowest BCUT2D eigenvalue weighted by Gasteiger charge is -2.10. The molecule has 0 bridgehead atoms. The van der Waals surface area contributed by atoms with Crippen molar-refractivity contribution in [3.63, 3.8) is 0 Å². The summed E-state index contributed by atoms with van der Waals surface area (Å²) in [5.41, 5.74) is 0.781. The Labute approximate surface area is 123 Å². The van der Waals surface area contributed by atoms with Gasteiger partial charge in [-0.15, -0.1) is 0 Å². The molecular formula is C12H9BrCl2N2O. The van der Waals surface area contributed by atoms with Crippen LogP contribution in [0.25, 0.3) is 0 Å². The number of hydrogen-bond donors (Lipinski definition) is 0. The lowest BCUT2D eigenvalue weighted by molar-refractivity contribution is 0.695. The molecule has 2 aromatic rings. The van der Waals surface area contributed by atoms with Crippen molar-refractivity contribution in [1.29, 1.82) is 0 Å². The highest BCUT2D eigenvalue weighted by atomic mass is 79.9. The standard InChI is InChI=1S/C12H9BrCl2N2O/c1-7-16-5-9(13)12(18)17(7)6-8-2-3-10(14)11(15)4-8/h2-5H,6H2,1H3. The maximum atomic E-state index is 12.0. The number of benzene rings is 1. The minimum atomic E-state index is -0.117. The van der Waals surface area contributed by atoms with Gasteiger partial charge in [0.1, 0.15) is 10.3 Å². The molecule has 0 radical (unpaired) electrons. The zero-order valence-electron chi connectivity index (χ0n) is 9.45. The summed E-state index contributed by atoms with van der Waals surface area (Å²) in [6.07, 6.45) is 1.50. The molecule has 1 aromatic carbocycles. The minimum absolute atomic E-state index is 0.117. The van der Waals surface area contributed by atoms with Gasteiger partial charge in [0.15, 0.2) is 0 Å². The molecule has 0 saturated heterocycles. The van der Waals surface area contributed by atoms with Crippen LogP contribution in [0.4, 0.5) is 0 Å². The SMILES string of the molecule is Cc1ncc(Br)c(=O)n1Cc1ccc(Cl)c(Cl)c1. The molecule has 0 aliphatic rings. The van der Waals surface area contributed by atoms with Crippen molar-refractivity contribution in [3.8, 4) is 0 Å². The Balaban J connectivity index is 2.43. The van der Waals surface area contributed by atoms with Crippen LogP contribution in [-0.4, -0.2) is 9.55 Å². The lowest BCUT2D eigenvalue weighted by atomic mass is 10.2. The van der Waals surface area contributed by atoms with E-state index in [2.05, 4.69) is 20.9 Å². The molecule has 0 atom stereocenters. The Hall–Kier alpha value is -0.840. The van der Waals surface area contributed by atoms with Crippen LogP contribution < -0.4 is 5.56 Å². The van der Waals surface area contributed by atoms with Gasteiger partial charge in [-0.25, -0.2) is 4.98 Å². The Kier molecular flexibility index (Phi) is 4.10. The van der Waals surface area contributed by atoms with Crippen LogP contribution in [0.3, 0.4) is 0 Å². The van der Waals surface area contributed by atoms with E-state index in [4.69, 9.17) is 23.2 Å². The summed E-state index contributed by atoms with van der Waals surface area (Å²) >= 11 is 15.0. The van der Waals surface area contributed by atoms with Gasteiger partial charge in [0.2, 0.25) is 0 Å². The molecule has 6 heteroatoms. The number of rotatable bonds is 2. The van der Waals surface area contributed by atoms with Crippen molar-refractivity contribution in [2.75, 3.05) is 0 Å². The second-order valence-corrected chi connectivity index (χ2v) is 5.46. The Morgan fingerprint density at radius 3 is 2.72 bits per heavy atom. The fourth-order valence-corrected chi connectivity index (χ4v) is 2.19. The van der Waals surface area contributed by atoms with E-state index in [0.29, 0.717) is 26.9 Å². The molecule has 0 aliphatic heterocycles. The van der Waals surface area contributed by atoms with Crippen molar-refractivity contribution in [2.24, 2.45) is 0 Å². The van der Waals surface area contributed by atoms with E-state index < -0.39 is 0 Å². The number of halogens is 3. The van der Waals surface area contributed by atoms with E-state index >= 15 is 0 Å². The van der Waals surface area contributed by atoms with E-state index in [1.54, 1.807) is 23.6 Å². The number of aryl methyl sites for hydroxylation is 1.